The van der Waals surface area contributed by atoms with Crippen LogP contribution in [0.1, 0.15) is 42.5 Å². The fourth-order valence-electron chi connectivity index (χ4n) is 5.49. The minimum atomic E-state index is -0.511. The molecule has 2 aliphatic carbocycles. The van der Waals surface area contributed by atoms with Crippen LogP contribution in [0.5, 0.6) is 5.75 Å². The molecule has 2 saturated carbocycles. The van der Waals surface area contributed by atoms with Gasteiger partial charge in [-0.15, -0.1) is 0 Å². The van der Waals surface area contributed by atoms with Crippen LogP contribution in [0.15, 0.2) is 24.3 Å². The monoisotopic (exact) mass is 368 g/mol. The van der Waals surface area contributed by atoms with Gasteiger partial charge in [0.25, 0.3) is 0 Å². The lowest BCUT2D eigenvalue weighted by Crippen LogP contribution is -2.45. The number of hydrogen-bond donors (Lipinski definition) is 1. The Balaban J connectivity index is 1.23. The number of amides is 2. The summed E-state index contributed by atoms with van der Waals surface area (Å²) < 4.78 is 6.33. The van der Waals surface area contributed by atoms with E-state index < -0.39 is 5.60 Å². The number of likely N-dealkylation sites (tertiary alicyclic amines) is 1. The molecule has 4 aliphatic rings. The van der Waals surface area contributed by atoms with E-state index in [1.807, 2.05) is 29.2 Å². The van der Waals surface area contributed by atoms with Crippen molar-refractivity contribution in [3.63, 3.8) is 0 Å². The molecular formula is C21H24N2O4. The van der Waals surface area contributed by atoms with E-state index in [1.54, 1.807) is 0 Å². The van der Waals surface area contributed by atoms with Crippen molar-refractivity contribution in [1.82, 2.24) is 10.2 Å². The van der Waals surface area contributed by atoms with Crippen molar-refractivity contribution >= 4 is 17.6 Å². The van der Waals surface area contributed by atoms with Crippen molar-refractivity contribution in [1.29, 1.82) is 0 Å². The lowest BCUT2D eigenvalue weighted by Gasteiger charge is -2.37. The number of fused-ring (bicyclic) bond motifs is 3. The molecule has 0 aromatic heterocycles. The smallest absolute Gasteiger partial charge is 0.223 e. The van der Waals surface area contributed by atoms with Crippen LogP contribution in [-0.2, 0) is 9.59 Å². The van der Waals surface area contributed by atoms with E-state index in [0.29, 0.717) is 43.2 Å². The largest absolute Gasteiger partial charge is 0.486 e. The van der Waals surface area contributed by atoms with Gasteiger partial charge in [-0.3, -0.25) is 14.4 Å². The van der Waals surface area contributed by atoms with Gasteiger partial charge in [0, 0.05) is 37.9 Å². The molecule has 1 aromatic carbocycles. The molecule has 27 heavy (non-hydrogen) atoms. The van der Waals surface area contributed by atoms with Gasteiger partial charge < -0.3 is 15.0 Å². The van der Waals surface area contributed by atoms with Crippen molar-refractivity contribution in [2.24, 2.45) is 17.8 Å². The number of rotatable bonds is 4. The molecule has 2 heterocycles. The second-order valence-corrected chi connectivity index (χ2v) is 8.29. The van der Waals surface area contributed by atoms with Crippen LogP contribution in [0.4, 0.5) is 0 Å². The van der Waals surface area contributed by atoms with Crippen LogP contribution in [0.2, 0.25) is 0 Å². The van der Waals surface area contributed by atoms with Gasteiger partial charge in [-0.1, -0.05) is 12.1 Å². The number of benzene rings is 1. The third-order valence-corrected chi connectivity index (χ3v) is 6.79. The zero-order valence-electron chi connectivity index (χ0n) is 15.3. The summed E-state index contributed by atoms with van der Waals surface area (Å²) in [6.45, 7) is 1.87. The molecule has 2 aliphatic heterocycles. The van der Waals surface area contributed by atoms with Crippen LogP contribution in [-0.4, -0.2) is 47.7 Å². The summed E-state index contributed by atoms with van der Waals surface area (Å²) in [7, 11) is 0. The molecule has 4 atom stereocenters. The standard InChI is InChI=1S/C21H24N2O4/c24-15-12-21(27-16-5-2-1-4-13(15)16)8-7-14-18(19(14)21)20(26)22-9-11-23-10-3-6-17(23)25/h1-2,4-5,14,18-19H,3,6-12H2,(H,22,26)/t14-,18+,19-,21+/m1/s1. The fraction of sp³-hybridized carbons (Fsp3) is 0.571. The molecule has 142 valence electrons. The van der Waals surface area contributed by atoms with Crippen LogP contribution < -0.4 is 10.1 Å². The number of nitrogens with one attached hydrogen (secondary N) is 1. The van der Waals surface area contributed by atoms with Crippen molar-refractivity contribution in [3.8, 4) is 5.75 Å². The van der Waals surface area contributed by atoms with Gasteiger partial charge in [0.1, 0.15) is 11.4 Å². The highest BCUT2D eigenvalue weighted by Gasteiger charge is 2.70. The van der Waals surface area contributed by atoms with E-state index in [-0.39, 0.29) is 29.4 Å². The highest BCUT2D eigenvalue weighted by Crippen LogP contribution is 2.65. The first-order chi connectivity index (χ1) is 13.1. The summed E-state index contributed by atoms with van der Waals surface area (Å²) in [5, 5.41) is 3.00. The maximum Gasteiger partial charge on any atom is 0.223 e. The minimum absolute atomic E-state index is 0.0469. The zero-order valence-corrected chi connectivity index (χ0v) is 15.3. The Morgan fingerprint density at radius 2 is 2.15 bits per heavy atom. The van der Waals surface area contributed by atoms with Crippen molar-refractivity contribution in [2.45, 2.75) is 37.7 Å². The lowest BCUT2D eigenvalue weighted by molar-refractivity contribution is -0.128. The molecule has 1 N–H and O–H groups in total. The van der Waals surface area contributed by atoms with Gasteiger partial charge in [0.2, 0.25) is 11.8 Å². The molecule has 1 aromatic rings. The molecule has 1 saturated heterocycles. The Morgan fingerprint density at radius 1 is 1.30 bits per heavy atom. The predicted octanol–water partition coefficient (Wildman–Crippen LogP) is 1.79. The molecule has 0 unspecified atom stereocenters. The number of para-hydroxylation sites is 1. The first-order valence-corrected chi connectivity index (χ1v) is 9.96. The van der Waals surface area contributed by atoms with Crippen molar-refractivity contribution in [3.05, 3.63) is 29.8 Å². The highest BCUT2D eigenvalue weighted by atomic mass is 16.5. The maximum absolute atomic E-state index is 12.7. The quantitative estimate of drug-likeness (QED) is 0.879. The van der Waals surface area contributed by atoms with Crippen molar-refractivity contribution < 1.29 is 19.1 Å². The van der Waals surface area contributed by atoms with Gasteiger partial charge in [0.05, 0.1) is 12.0 Å². The van der Waals surface area contributed by atoms with Gasteiger partial charge in [0.15, 0.2) is 5.78 Å². The first kappa shape index (κ1) is 16.8. The van der Waals surface area contributed by atoms with E-state index >= 15 is 0 Å². The Morgan fingerprint density at radius 3 is 2.96 bits per heavy atom. The summed E-state index contributed by atoms with van der Waals surface area (Å²) in [5.41, 5.74) is 0.145. The predicted molar refractivity (Wildman–Crippen MR) is 97.3 cm³/mol. The Bertz CT molecular complexity index is 822. The summed E-state index contributed by atoms with van der Waals surface area (Å²) in [6, 6.07) is 7.40. The SMILES string of the molecule is O=C1C[C@]2(CC[C@@H]3[C@H](C(=O)NCCN4CCCC4=O)[C@@H]32)Oc2ccccc21. The van der Waals surface area contributed by atoms with Gasteiger partial charge in [-0.25, -0.2) is 0 Å². The van der Waals surface area contributed by atoms with E-state index in [2.05, 4.69) is 5.32 Å². The number of ketones is 1. The third kappa shape index (κ3) is 2.65. The number of hydrogen-bond acceptors (Lipinski definition) is 4. The number of Topliss-reactive ketones (excluding diaryl/α,β-unsaturated/α-hetero) is 1. The summed E-state index contributed by atoms with van der Waals surface area (Å²) in [6.07, 6.45) is 3.68. The lowest BCUT2D eigenvalue weighted by atomic mass is 9.84. The second kappa shape index (κ2) is 6.08. The van der Waals surface area contributed by atoms with Crippen LogP contribution in [0, 0.1) is 17.8 Å². The molecular weight excluding hydrogens is 344 g/mol. The number of nitrogens with zero attached hydrogens (tertiary/aromatic N) is 1. The summed E-state index contributed by atoms with van der Waals surface area (Å²) in [4.78, 5) is 38.8. The molecule has 0 radical (unpaired) electrons. The van der Waals surface area contributed by atoms with Gasteiger partial charge in [-0.05, 0) is 37.3 Å². The van der Waals surface area contributed by atoms with E-state index in [4.69, 9.17) is 4.74 Å². The third-order valence-electron chi connectivity index (χ3n) is 6.79. The fourth-order valence-corrected chi connectivity index (χ4v) is 5.49. The van der Waals surface area contributed by atoms with E-state index in [9.17, 15) is 14.4 Å². The van der Waals surface area contributed by atoms with Crippen molar-refractivity contribution in [2.75, 3.05) is 19.6 Å². The second-order valence-electron chi connectivity index (χ2n) is 8.29. The number of ether oxygens (including phenoxy) is 1. The average Bonchev–Trinajstić information content (AvgIpc) is 3.12. The van der Waals surface area contributed by atoms with E-state index in [1.165, 1.54) is 0 Å². The molecule has 5 rings (SSSR count). The summed E-state index contributed by atoms with van der Waals surface area (Å²) in [5.74, 6) is 1.39. The van der Waals surface area contributed by atoms with Crippen LogP contribution in [0.25, 0.3) is 0 Å². The minimum Gasteiger partial charge on any atom is -0.486 e. The normalized spacial score (nSPS) is 33.6. The van der Waals surface area contributed by atoms with Crippen LogP contribution in [0.3, 0.4) is 0 Å². The average molecular weight is 368 g/mol. The molecule has 2 amide bonds. The topological polar surface area (TPSA) is 75.7 Å². The molecule has 0 bridgehead atoms. The van der Waals surface area contributed by atoms with Crippen LogP contribution >= 0.6 is 0 Å². The molecule has 6 heteroatoms. The Labute approximate surface area is 158 Å². The highest BCUT2D eigenvalue weighted by molar-refractivity contribution is 6.00. The molecule has 6 nitrogen and oxygen atoms in total. The maximum atomic E-state index is 12.7. The number of carbonyl (C=O) groups excluding carboxylic acids is 3. The molecule has 1 spiro atoms. The summed E-state index contributed by atoms with van der Waals surface area (Å²) >= 11 is 0. The molecule has 3 fully saturated rings. The van der Waals surface area contributed by atoms with Gasteiger partial charge in [-0.2, -0.15) is 0 Å². The Kier molecular flexibility index (Phi) is 3.78. The zero-order chi connectivity index (χ0) is 18.6. The van der Waals surface area contributed by atoms with E-state index in [0.717, 1.165) is 25.8 Å². The van der Waals surface area contributed by atoms with Gasteiger partial charge >= 0.3 is 0 Å². The number of carbonyl (C=O) groups is 3. The first-order valence-electron chi connectivity index (χ1n) is 9.96. The Hall–Kier alpha value is -2.37.